The summed E-state index contributed by atoms with van der Waals surface area (Å²) in [7, 11) is 1.86. The highest BCUT2D eigenvalue weighted by atomic mass is 79.9. The fourth-order valence-corrected chi connectivity index (χ4v) is 2.93. The Hall–Kier alpha value is -0.840. The van der Waals surface area contributed by atoms with Crippen LogP contribution in [0.25, 0.3) is 0 Å². The van der Waals surface area contributed by atoms with Gasteiger partial charge in [-0.3, -0.25) is 9.48 Å². The third-order valence-corrected chi connectivity index (χ3v) is 4.01. The molecule has 4 nitrogen and oxygen atoms in total. The molecule has 1 atom stereocenters. The first kappa shape index (κ1) is 12.6. The molecular formula is C12H18BrN3O. The summed E-state index contributed by atoms with van der Waals surface area (Å²) in [5.74, 6) is 0.781. The van der Waals surface area contributed by atoms with Gasteiger partial charge >= 0.3 is 0 Å². The number of alkyl halides is 1. The fourth-order valence-electron chi connectivity index (χ4n) is 2.29. The minimum absolute atomic E-state index is 0.132. The molecule has 1 saturated heterocycles. The first-order valence-electron chi connectivity index (χ1n) is 5.97. The SMILES string of the molecule is Cc1c(C(=O)N2CCC(CCBr)C2)cnn1C. The van der Waals surface area contributed by atoms with Crippen molar-refractivity contribution in [1.29, 1.82) is 0 Å². The number of nitrogens with zero attached hydrogens (tertiary/aromatic N) is 3. The van der Waals surface area contributed by atoms with Crippen LogP contribution in [0, 0.1) is 12.8 Å². The molecule has 1 aliphatic heterocycles. The Morgan fingerprint density at radius 1 is 1.65 bits per heavy atom. The van der Waals surface area contributed by atoms with Gasteiger partial charge < -0.3 is 4.90 Å². The number of halogens is 1. The summed E-state index contributed by atoms with van der Waals surface area (Å²) in [6.07, 6.45) is 3.95. The van der Waals surface area contributed by atoms with Crippen LogP contribution >= 0.6 is 15.9 Å². The summed E-state index contributed by atoms with van der Waals surface area (Å²) in [5, 5.41) is 5.15. The average Bonchev–Trinajstić information content (AvgIpc) is 2.88. The van der Waals surface area contributed by atoms with E-state index < -0.39 is 0 Å². The van der Waals surface area contributed by atoms with Crippen molar-refractivity contribution in [1.82, 2.24) is 14.7 Å². The molecule has 2 heterocycles. The molecule has 0 aromatic carbocycles. The molecule has 1 aromatic rings. The van der Waals surface area contributed by atoms with Crippen molar-refractivity contribution < 1.29 is 4.79 Å². The van der Waals surface area contributed by atoms with Crippen molar-refractivity contribution in [3.63, 3.8) is 0 Å². The highest BCUT2D eigenvalue weighted by Gasteiger charge is 2.28. The molecule has 0 aliphatic carbocycles. The standard InChI is InChI=1S/C12H18BrN3O/c1-9-11(7-14-15(9)2)12(17)16-6-4-10(8-16)3-5-13/h7,10H,3-6,8H2,1-2H3. The quantitative estimate of drug-likeness (QED) is 0.801. The molecule has 17 heavy (non-hydrogen) atoms. The lowest BCUT2D eigenvalue weighted by Gasteiger charge is -2.16. The molecule has 94 valence electrons. The van der Waals surface area contributed by atoms with Crippen LogP contribution in [-0.4, -0.2) is 39.0 Å². The fraction of sp³-hybridized carbons (Fsp3) is 0.667. The maximum Gasteiger partial charge on any atom is 0.257 e. The van der Waals surface area contributed by atoms with E-state index in [1.54, 1.807) is 10.9 Å². The second kappa shape index (κ2) is 5.21. The van der Waals surface area contributed by atoms with Gasteiger partial charge in [0.15, 0.2) is 0 Å². The van der Waals surface area contributed by atoms with Crippen LogP contribution in [0.3, 0.4) is 0 Å². The van der Waals surface area contributed by atoms with Crippen LogP contribution in [0.5, 0.6) is 0 Å². The predicted molar refractivity (Wildman–Crippen MR) is 70.4 cm³/mol. The van der Waals surface area contributed by atoms with E-state index in [1.165, 1.54) is 0 Å². The maximum atomic E-state index is 12.3. The van der Waals surface area contributed by atoms with Crippen molar-refractivity contribution in [2.45, 2.75) is 19.8 Å². The molecule has 1 aliphatic rings. The molecule has 1 amide bonds. The molecule has 0 bridgehead atoms. The summed E-state index contributed by atoms with van der Waals surface area (Å²) in [5.41, 5.74) is 1.69. The summed E-state index contributed by atoms with van der Waals surface area (Å²) < 4.78 is 1.75. The highest BCUT2D eigenvalue weighted by Crippen LogP contribution is 2.22. The zero-order valence-corrected chi connectivity index (χ0v) is 11.9. The van der Waals surface area contributed by atoms with Crippen LogP contribution in [-0.2, 0) is 7.05 Å². The first-order valence-corrected chi connectivity index (χ1v) is 7.09. The lowest BCUT2D eigenvalue weighted by atomic mass is 10.1. The van der Waals surface area contributed by atoms with Gasteiger partial charge in [0.05, 0.1) is 11.8 Å². The van der Waals surface area contributed by atoms with E-state index in [4.69, 9.17) is 0 Å². The first-order chi connectivity index (χ1) is 8.13. The topological polar surface area (TPSA) is 38.1 Å². The van der Waals surface area contributed by atoms with Gasteiger partial charge in [-0.25, -0.2) is 0 Å². The normalized spacial score (nSPS) is 19.9. The van der Waals surface area contributed by atoms with E-state index in [1.807, 2.05) is 18.9 Å². The van der Waals surface area contributed by atoms with Crippen LogP contribution < -0.4 is 0 Å². The molecule has 1 unspecified atom stereocenters. The van der Waals surface area contributed by atoms with Crippen LogP contribution in [0.1, 0.15) is 28.9 Å². The van der Waals surface area contributed by atoms with E-state index in [9.17, 15) is 4.79 Å². The van der Waals surface area contributed by atoms with Gasteiger partial charge in [0.2, 0.25) is 0 Å². The number of aromatic nitrogens is 2. The molecule has 1 aromatic heterocycles. The van der Waals surface area contributed by atoms with Crippen molar-refractivity contribution >= 4 is 21.8 Å². The third kappa shape index (κ3) is 2.54. The zero-order valence-electron chi connectivity index (χ0n) is 10.3. The van der Waals surface area contributed by atoms with E-state index in [0.29, 0.717) is 5.92 Å². The zero-order chi connectivity index (χ0) is 12.4. The van der Waals surface area contributed by atoms with Crippen LogP contribution in [0.4, 0.5) is 0 Å². The Labute approximate surface area is 110 Å². The van der Waals surface area contributed by atoms with Gasteiger partial charge in [0.25, 0.3) is 5.91 Å². The number of hydrogen-bond acceptors (Lipinski definition) is 2. The Kier molecular flexibility index (Phi) is 3.86. The van der Waals surface area contributed by atoms with E-state index in [0.717, 1.165) is 42.5 Å². The number of amides is 1. The van der Waals surface area contributed by atoms with Gasteiger partial charge in [0, 0.05) is 31.2 Å². The Bertz CT molecular complexity index is 416. The van der Waals surface area contributed by atoms with Crippen LogP contribution in [0.15, 0.2) is 6.20 Å². The Morgan fingerprint density at radius 2 is 2.41 bits per heavy atom. The predicted octanol–water partition coefficient (Wildman–Crippen LogP) is 1.98. The largest absolute Gasteiger partial charge is 0.338 e. The second-order valence-corrected chi connectivity index (χ2v) is 5.44. The number of rotatable bonds is 3. The minimum atomic E-state index is 0.132. The average molecular weight is 300 g/mol. The van der Waals surface area contributed by atoms with Crippen molar-refractivity contribution in [3.05, 3.63) is 17.5 Å². The molecule has 0 N–H and O–H groups in total. The monoisotopic (exact) mass is 299 g/mol. The highest BCUT2D eigenvalue weighted by molar-refractivity contribution is 9.09. The molecular weight excluding hydrogens is 282 g/mol. The number of aryl methyl sites for hydroxylation is 1. The lowest BCUT2D eigenvalue weighted by Crippen LogP contribution is -2.29. The van der Waals surface area contributed by atoms with Crippen molar-refractivity contribution in [2.24, 2.45) is 13.0 Å². The van der Waals surface area contributed by atoms with Crippen LogP contribution in [0.2, 0.25) is 0 Å². The Balaban J connectivity index is 2.04. The number of hydrogen-bond donors (Lipinski definition) is 0. The molecule has 1 fully saturated rings. The number of carbonyl (C=O) groups is 1. The molecule has 0 saturated carbocycles. The second-order valence-electron chi connectivity index (χ2n) is 4.65. The third-order valence-electron chi connectivity index (χ3n) is 3.56. The molecule has 0 radical (unpaired) electrons. The van der Waals surface area contributed by atoms with Gasteiger partial charge in [-0.05, 0) is 25.7 Å². The molecule has 0 spiro atoms. The minimum Gasteiger partial charge on any atom is -0.338 e. The lowest BCUT2D eigenvalue weighted by molar-refractivity contribution is 0.0786. The summed E-state index contributed by atoms with van der Waals surface area (Å²) in [6.45, 7) is 3.70. The summed E-state index contributed by atoms with van der Waals surface area (Å²) in [4.78, 5) is 14.2. The van der Waals surface area contributed by atoms with Gasteiger partial charge in [-0.1, -0.05) is 15.9 Å². The van der Waals surface area contributed by atoms with Crippen molar-refractivity contribution in [2.75, 3.05) is 18.4 Å². The van der Waals surface area contributed by atoms with E-state index in [-0.39, 0.29) is 5.91 Å². The Morgan fingerprint density at radius 3 is 3.00 bits per heavy atom. The van der Waals surface area contributed by atoms with Crippen molar-refractivity contribution in [3.8, 4) is 0 Å². The van der Waals surface area contributed by atoms with Gasteiger partial charge in [-0.15, -0.1) is 0 Å². The molecule has 5 heteroatoms. The van der Waals surface area contributed by atoms with E-state index >= 15 is 0 Å². The van der Waals surface area contributed by atoms with Gasteiger partial charge in [-0.2, -0.15) is 5.10 Å². The molecule has 2 rings (SSSR count). The number of likely N-dealkylation sites (tertiary alicyclic amines) is 1. The van der Waals surface area contributed by atoms with E-state index in [2.05, 4.69) is 21.0 Å². The number of carbonyl (C=O) groups excluding carboxylic acids is 1. The summed E-state index contributed by atoms with van der Waals surface area (Å²) in [6, 6.07) is 0. The summed E-state index contributed by atoms with van der Waals surface area (Å²) >= 11 is 3.46. The van der Waals surface area contributed by atoms with Gasteiger partial charge in [0.1, 0.15) is 0 Å². The smallest absolute Gasteiger partial charge is 0.257 e. The maximum absolute atomic E-state index is 12.3.